The largest absolute Gasteiger partial charge is 0.417 e. The van der Waals surface area contributed by atoms with E-state index in [-0.39, 0.29) is 18.2 Å². The summed E-state index contributed by atoms with van der Waals surface area (Å²) in [4.78, 5) is 14.3. The lowest BCUT2D eigenvalue weighted by molar-refractivity contribution is -0.157. The second-order valence-corrected chi connectivity index (χ2v) is 7.47. The van der Waals surface area contributed by atoms with Crippen LogP contribution in [0.4, 0.5) is 18.9 Å². The van der Waals surface area contributed by atoms with Crippen molar-refractivity contribution in [3.05, 3.63) is 29.3 Å². The third-order valence-electron chi connectivity index (χ3n) is 6.31. The van der Waals surface area contributed by atoms with Crippen molar-refractivity contribution in [1.82, 2.24) is 0 Å². The summed E-state index contributed by atoms with van der Waals surface area (Å²) in [6.45, 7) is 0.240. The van der Waals surface area contributed by atoms with Crippen LogP contribution in [0.5, 0.6) is 0 Å². The van der Waals surface area contributed by atoms with Crippen LogP contribution in [0.2, 0.25) is 0 Å². The molecule has 5 rings (SSSR count). The van der Waals surface area contributed by atoms with E-state index >= 15 is 0 Å². The van der Waals surface area contributed by atoms with E-state index in [1.165, 1.54) is 17.0 Å². The number of hydrogen-bond donors (Lipinski definition) is 1. The third kappa shape index (κ3) is 2.03. The lowest BCUT2D eigenvalue weighted by Gasteiger charge is -2.43. The molecule has 4 heterocycles. The van der Waals surface area contributed by atoms with Crippen LogP contribution in [0.3, 0.4) is 0 Å². The molecule has 2 bridgehead atoms. The van der Waals surface area contributed by atoms with Gasteiger partial charge in [0.15, 0.2) is 0 Å². The molecule has 1 amide bonds. The van der Waals surface area contributed by atoms with Crippen LogP contribution in [-0.4, -0.2) is 41.7 Å². The highest BCUT2D eigenvalue weighted by Crippen LogP contribution is 2.60. The number of anilines is 1. The highest BCUT2D eigenvalue weighted by molar-refractivity contribution is 5.99. The molecule has 27 heavy (non-hydrogen) atoms. The number of halogens is 3. The van der Waals surface area contributed by atoms with Crippen molar-refractivity contribution < 1.29 is 32.5 Å². The van der Waals surface area contributed by atoms with Crippen LogP contribution >= 0.6 is 0 Å². The number of aliphatic hydroxyl groups is 1. The van der Waals surface area contributed by atoms with E-state index in [0.717, 1.165) is 12.1 Å². The average Bonchev–Trinajstić information content (AvgIpc) is 3.22. The summed E-state index contributed by atoms with van der Waals surface area (Å²) in [7, 11) is 0. The zero-order valence-corrected chi connectivity index (χ0v) is 13.9. The summed E-state index contributed by atoms with van der Waals surface area (Å²) in [5.74, 6) is -1.32. The normalized spacial score (nSPS) is 39.6. The molecule has 6 atom stereocenters. The van der Waals surface area contributed by atoms with Gasteiger partial charge in [0, 0.05) is 18.5 Å². The maximum absolute atomic E-state index is 13.3. The van der Waals surface area contributed by atoms with Gasteiger partial charge in [0.1, 0.15) is 11.8 Å². The van der Waals surface area contributed by atoms with Crippen LogP contribution in [-0.2, 0) is 20.4 Å². The maximum Gasteiger partial charge on any atom is 0.417 e. The molecule has 0 unspecified atom stereocenters. The van der Waals surface area contributed by atoms with E-state index in [9.17, 15) is 23.1 Å². The number of nitrogens with zero attached hydrogens (tertiary/aromatic N) is 2. The number of benzene rings is 1. The Morgan fingerprint density at radius 2 is 2.15 bits per heavy atom. The summed E-state index contributed by atoms with van der Waals surface area (Å²) in [6.07, 6.45) is -5.88. The predicted octanol–water partition coefficient (Wildman–Crippen LogP) is 1.80. The van der Waals surface area contributed by atoms with E-state index in [1.807, 2.05) is 0 Å². The topological polar surface area (TPSA) is 82.8 Å². The van der Waals surface area contributed by atoms with Crippen LogP contribution in [0.15, 0.2) is 18.2 Å². The molecule has 142 valence electrons. The van der Waals surface area contributed by atoms with Crippen LogP contribution < -0.4 is 4.90 Å². The molecular formula is C18H15F3N2O4. The first-order valence-corrected chi connectivity index (χ1v) is 8.70. The minimum absolute atomic E-state index is 0.0386. The number of hydrogen-bond acceptors (Lipinski definition) is 5. The summed E-state index contributed by atoms with van der Waals surface area (Å²) in [5.41, 5.74) is -2.42. The number of nitriles is 1. The number of carbonyl (C=O) groups excluding carboxylic acids is 1. The molecule has 0 aliphatic carbocycles. The first-order valence-electron chi connectivity index (χ1n) is 8.70. The third-order valence-corrected chi connectivity index (χ3v) is 6.31. The lowest BCUT2D eigenvalue weighted by Crippen LogP contribution is -2.56. The van der Waals surface area contributed by atoms with Crippen molar-refractivity contribution in [2.24, 2.45) is 11.8 Å². The fraction of sp³-hybridized carbons (Fsp3) is 0.556. The van der Waals surface area contributed by atoms with E-state index in [2.05, 4.69) is 0 Å². The van der Waals surface area contributed by atoms with E-state index in [0.29, 0.717) is 12.8 Å². The molecule has 4 saturated heterocycles. The Hall–Kier alpha value is -2.15. The van der Waals surface area contributed by atoms with Crippen molar-refractivity contribution in [1.29, 1.82) is 5.26 Å². The number of ether oxygens (including phenoxy) is 2. The molecule has 6 nitrogen and oxygen atoms in total. The van der Waals surface area contributed by atoms with E-state index < -0.39 is 53.2 Å². The van der Waals surface area contributed by atoms with Crippen LogP contribution in [0.1, 0.15) is 24.0 Å². The minimum atomic E-state index is -4.72. The van der Waals surface area contributed by atoms with Crippen molar-refractivity contribution in [2.45, 2.75) is 43.1 Å². The van der Waals surface area contributed by atoms with Gasteiger partial charge < -0.3 is 14.6 Å². The molecule has 1 N–H and O–H groups in total. The minimum Gasteiger partial charge on any atom is -0.390 e. The molecule has 0 radical (unpaired) electrons. The molecular weight excluding hydrogens is 365 g/mol. The fourth-order valence-corrected chi connectivity index (χ4v) is 5.26. The van der Waals surface area contributed by atoms with Gasteiger partial charge in [-0.2, -0.15) is 18.4 Å². The van der Waals surface area contributed by atoms with Gasteiger partial charge in [0.2, 0.25) is 5.91 Å². The Morgan fingerprint density at radius 1 is 1.37 bits per heavy atom. The number of aliphatic hydroxyl groups excluding tert-OH is 1. The Balaban J connectivity index is 1.60. The summed E-state index contributed by atoms with van der Waals surface area (Å²) in [6, 6.07) is 4.75. The predicted molar refractivity (Wildman–Crippen MR) is 83.2 cm³/mol. The van der Waals surface area contributed by atoms with Crippen LogP contribution in [0.25, 0.3) is 0 Å². The Bertz CT molecular complexity index is 882. The monoisotopic (exact) mass is 380 g/mol. The zero-order valence-electron chi connectivity index (χ0n) is 13.9. The Labute approximate surface area is 152 Å². The number of carbonyl (C=O) groups is 1. The van der Waals surface area contributed by atoms with Crippen molar-refractivity contribution in [2.75, 3.05) is 11.5 Å². The van der Waals surface area contributed by atoms with Crippen molar-refractivity contribution in [3.8, 4) is 6.07 Å². The summed E-state index contributed by atoms with van der Waals surface area (Å²) < 4.78 is 51.7. The zero-order chi connectivity index (χ0) is 19.1. The van der Waals surface area contributed by atoms with Gasteiger partial charge in [0.25, 0.3) is 0 Å². The summed E-state index contributed by atoms with van der Waals surface area (Å²) in [5, 5.41) is 19.4. The first kappa shape index (κ1) is 17.0. The van der Waals surface area contributed by atoms with Gasteiger partial charge >= 0.3 is 6.18 Å². The lowest BCUT2D eigenvalue weighted by atomic mass is 9.68. The number of alkyl halides is 3. The first-order chi connectivity index (χ1) is 12.8. The quantitative estimate of drug-likeness (QED) is 0.804. The van der Waals surface area contributed by atoms with Gasteiger partial charge in [-0.1, -0.05) is 0 Å². The highest BCUT2D eigenvalue weighted by Gasteiger charge is 2.74. The molecule has 1 aromatic carbocycles. The van der Waals surface area contributed by atoms with Crippen molar-refractivity contribution in [3.63, 3.8) is 0 Å². The Morgan fingerprint density at radius 3 is 2.85 bits per heavy atom. The van der Waals surface area contributed by atoms with Gasteiger partial charge in [-0.25, -0.2) is 0 Å². The van der Waals surface area contributed by atoms with Crippen molar-refractivity contribution >= 4 is 11.6 Å². The maximum atomic E-state index is 13.3. The number of rotatable bonds is 1. The molecule has 1 aromatic rings. The number of fused-ring (bicyclic) bond motifs is 2. The fourth-order valence-electron chi connectivity index (χ4n) is 5.26. The summed E-state index contributed by atoms with van der Waals surface area (Å²) >= 11 is 0. The van der Waals surface area contributed by atoms with Gasteiger partial charge in [-0.05, 0) is 18.2 Å². The SMILES string of the molecule is N#Cc1ccc(N2C(=O)[C@@H]3[C@@H]4[C@H]2OCC[C@]42O[C@H]3C[C@H]2O)cc1C(F)(F)F. The van der Waals surface area contributed by atoms with Crippen LogP contribution in [0, 0.1) is 23.2 Å². The van der Waals surface area contributed by atoms with Gasteiger partial charge in [-0.15, -0.1) is 0 Å². The molecule has 9 heteroatoms. The Kier molecular flexibility index (Phi) is 3.28. The molecule has 4 fully saturated rings. The van der Waals surface area contributed by atoms with Gasteiger partial charge in [0.05, 0.1) is 47.8 Å². The molecule has 0 saturated carbocycles. The molecule has 4 aliphatic rings. The molecule has 0 aromatic heterocycles. The number of amides is 1. The van der Waals surface area contributed by atoms with E-state index in [4.69, 9.17) is 14.7 Å². The van der Waals surface area contributed by atoms with Gasteiger partial charge in [-0.3, -0.25) is 9.69 Å². The highest BCUT2D eigenvalue weighted by atomic mass is 19.4. The average molecular weight is 380 g/mol. The van der Waals surface area contributed by atoms with E-state index in [1.54, 1.807) is 0 Å². The smallest absolute Gasteiger partial charge is 0.390 e. The standard InChI is InChI=1S/C18H15F3N2O4/c19-18(20,21)10-5-9(2-1-8(10)7-22)23-15(25)13-11-6-12(24)17(27-11)3-4-26-16(23)14(13)17/h1-2,5,11-14,16,24H,3-4,6H2/t11-,12+,13-,14+,16+,17+/m0/s1. The second kappa shape index (κ2) is 5.22. The molecule has 4 aliphatic heterocycles. The molecule has 1 spiro atoms. The second-order valence-electron chi connectivity index (χ2n) is 7.47.